The van der Waals surface area contributed by atoms with Gasteiger partial charge in [0.05, 0.1) is 0 Å². The molecule has 30 heavy (non-hydrogen) atoms. The van der Waals surface area contributed by atoms with Gasteiger partial charge in [-0.1, -0.05) is 68.6 Å². The minimum atomic E-state index is -0.847. The summed E-state index contributed by atoms with van der Waals surface area (Å²) in [5.74, 6) is 0.654. The number of rotatable bonds is 7. The lowest BCUT2D eigenvalue weighted by atomic mass is 9.98. The second kappa shape index (κ2) is 9.60. The number of benzene rings is 3. The monoisotopic (exact) mass is 406 g/mol. The van der Waals surface area contributed by atoms with Gasteiger partial charge < -0.3 is 18.9 Å². The van der Waals surface area contributed by atoms with Gasteiger partial charge in [-0.05, 0) is 18.1 Å². The van der Waals surface area contributed by atoms with Crippen LogP contribution in [-0.2, 0) is 15.9 Å². The maximum atomic E-state index is 12.2. The third-order valence-corrected chi connectivity index (χ3v) is 4.41. The lowest BCUT2D eigenvalue weighted by Crippen LogP contribution is -2.13. The molecule has 0 aliphatic heterocycles. The summed E-state index contributed by atoms with van der Waals surface area (Å²) in [7, 11) is 0. The highest BCUT2D eigenvalue weighted by atomic mass is 16.7. The summed E-state index contributed by atoms with van der Waals surface area (Å²) < 4.78 is 21.1. The summed E-state index contributed by atoms with van der Waals surface area (Å²) in [6.07, 6.45) is 2.00. The second-order valence-electron chi connectivity index (χ2n) is 6.34. The van der Waals surface area contributed by atoms with E-state index >= 15 is 0 Å². The Labute approximate surface area is 174 Å². The van der Waals surface area contributed by atoms with Crippen molar-refractivity contribution in [2.24, 2.45) is 0 Å². The van der Waals surface area contributed by atoms with Crippen molar-refractivity contribution in [2.45, 2.75) is 13.3 Å². The maximum Gasteiger partial charge on any atom is 0.514 e. The van der Waals surface area contributed by atoms with Crippen molar-refractivity contribution in [1.82, 2.24) is 0 Å². The molecular formula is C24H22O6. The van der Waals surface area contributed by atoms with Gasteiger partial charge in [0.15, 0.2) is 0 Å². The molecule has 0 spiro atoms. The number of carbonyl (C=O) groups is 2. The van der Waals surface area contributed by atoms with Gasteiger partial charge in [-0.25, -0.2) is 9.59 Å². The molecular weight excluding hydrogens is 384 g/mol. The van der Waals surface area contributed by atoms with Crippen LogP contribution in [0.4, 0.5) is 9.59 Å². The molecule has 0 aromatic heterocycles. The summed E-state index contributed by atoms with van der Waals surface area (Å²) in [6.45, 7) is 9.13. The molecule has 0 N–H and O–H groups in total. The average Bonchev–Trinajstić information content (AvgIpc) is 2.77. The molecule has 6 heteroatoms. The lowest BCUT2D eigenvalue weighted by Gasteiger charge is -2.16. The molecule has 3 aromatic carbocycles. The zero-order chi connectivity index (χ0) is 21.5. The van der Waals surface area contributed by atoms with Gasteiger partial charge in [0.25, 0.3) is 0 Å². The van der Waals surface area contributed by atoms with Gasteiger partial charge in [-0.2, -0.15) is 0 Å². The standard InChI is InChI=1S/C24H22O6/c1-4-13-27-23(25)29-21-17-9-7-8-10-18(17)22(30-24(26)28-14-5-2)20-15-16(6-3)11-12-19(20)21/h4-5,7-12,15H,1-2,6,13-14H2,3H3. The molecule has 0 aliphatic carbocycles. The van der Waals surface area contributed by atoms with Crippen LogP contribution in [0.15, 0.2) is 67.8 Å². The summed E-state index contributed by atoms with van der Waals surface area (Å²) in [6, 6.07) is 12.8. The van der Waals surface area contributed by atoms with Crippen LogP contribution in [0.5, 0.6) is 11.5 Å². The Morgan fingerprint density at radius 3 is 1.80 bits per heavy atom. The van der Waals surface area contributed by atoms with Gasteiger partial charge in [0.2, 0.25) is 0 Å². The topological polar surface area (TPSA) is 71.1 Å². The van der Waals surface area contributed by atoms with Crippen LogP contribution >= 0.6 is 0 Å². The van der Waals surface area contributed by atoms with Crippen molar-refractivity contribution in [1.29, 1.82) is 0 Å². The molecule has 154 valence electrons. The van der Waals surface area contributed by atoms with Crippen LogP contribution in [0.2, 0.25) is 0 Å². The predicted octanol–water partition coefficient (Wildman–Crippen LogP) is 5.96. The molecule has 0 fully saturated rings. The molecule has 0 saturated carbocycles. The van der Waals surface area contributed by atoms with Crippen molar-refractivity contribution in [3.63, 3.8) is 0 Å². The van der Waals surface area contributed by atoms with E-state index in [1.165, 1.54) is 12.2 Å². The summed E-state index contributed by atoms with van der Waals surface area (Å²) in [5, 5.41) is 2.42. The van der Waals surface area contributed by atoms with Gasteiger partial charge in [-0.3, -0.25) is 0 Å². The first kappa shape index (κ1) is 20.9. The van der Waals surface area contributed by atoms with Crippen molar-refractivity contribution in [2.75, 3.05) is 13.2 Å². The molecule has 3 rings (SSSR count). The molecule has 0 atom stereocenters. The summed E-state index contributed by atoms with van der Waals surface area (Å²) in [4.78, 5) is 24.3. The molecule has 0 unspecified atom stereocenters. The highest BCUT2D eigenvalue weighted by Crippen LogP contribution is 2.43. The van der Waals surface area contributed by atoms with E-state index in [9.17, 15) is 9.59 Å². The number of ether oxygens (including phenoxy) is 4. The minimum absolute atomic E-state index is 0.0328. The second-order valence-corrected chi connectivity index (χ2v) is 6.34. The molecule has 0 aliphatic rings. The van der Waals surface area contributed by atoms with Crippen LogP contribution in [0.1, 0.15) is 12.5 Å². The van der Waals surface area contributed by atoms with E-state index in [2.05, 4.69) is 13.2 Å². The fourth-order valence-electron chi connectivity index (χ4n) is 3.07. The summed E-state index contributed by atoms with van der Waals surface area (Å²) >= 11 is 0. The largest absolute Gasteiger partial charge is 0.514 e. The van der Waals surface area contributed by atoms with E-state index in [0.29, 0.717) is 33.0 Å². The van der Waals surface area contributed by atoms with Crippen LogP contribution in [0.25, 0.3) is 21.5 Å². The minimum Gasteiger partial charge on any atom is -0.430 e. The first-order valence-electron chi connectivity index (χ1n) is 9.47. The number of aryl methyl sites for hydroxylation is 1. The number of carbonyl (C=O) groups excluding carboxylic acids is 2. The van der Waals surface area contributed by atoms with E-state index < -0.39 is 12.3 Å². The molecule has 0 saturated heterocycles. The SMILES string of the molecule is C=CCOC(=O)Oc1c2ccccc2c(OC(=O)OCC=C)c2cc(CC)ccc12. The normalized spacial score (nSPS) is 10.4. The Bertz CT molecular complexity index is 1120. The zero-order valence-corrected chi connectivity index (χ0v) is 16.7. The lowest BCUT2D eigenvalue weighted by molar-refractivity contribution is 0.109. The molecule has 3 aromatic rings. The highest BCUT2D eigenvalue weighted by molar-refractivity contribution is 6.12. The van der Waals surface area contributed by atoms with E-state index in [4.69, 9.17) is 18.9 Å². The number of hydrogen-bond donors (Lipinski definition) is 0. The Hall–Kier alpha value is -3.80. The first-order chi connectivity index (χ1) is 14.6. The number of hydrogen-bond acceptors (Lipinski definition) is 6. The fourth-order valence-corrected chi connectivity index (χ4v) is 3.07. The van der Waals surface area contributed by atoms with Crippen molar-refractivity contribution < 1.29 is 28.5 Å². The van der Waals surface area contributed by atoms with E-state index in [1.807, 2.05) is 25.1 Å². The third kappa shape index (κ3) is 4.43. The Balaban J connectivity index is 2.22. The van der Waals surface area contributed by atoms with Crippen molar-refractivity contribution in [3.8, 4) is 11.5 Å². The highest BCUT2D eigenvalue weighted by Gasteiger charge is 2.21. The molecule has 6 nitrogen and oxygen atoms in total. The Morgan fingerprint density at radius 2 is 1.30 bits per heavy atom. The van der Waals surface area contributed by atoms with Gasteiger partial charge in [0.1, 0.15) is 24.7 Å². The molecule has 0 radical (unpaired) electrons. The van der Waals surface area contributed by atoms with Crippen LogP contribution in [0.3, 0.4) is 0 Å². The van der Waals surface area contributed by atoms with Crippen molar-refractivity contribution >= 4 is 33.9 Å². The Kier molecular flexibility index (Phi) is 6.70. The van der Waals surface area contributed by atoms with Gasteiger partial charge >= 0.3 is 12.3 Å². The van der Waals surface area contributed by atoms with Crippen LogP contribution in [-0.4, -0.2) is 25.5 Å². The predicted molar refractivity (Wildman–Crippen MR) is 115 cm³/mol. The average molecular weight is 406 g/mol. The first-order valence-corrected chi connectivity index (χ1v) is 9.47. The number of fused-ring (bicyclic) bond motifs is 2. The third-order valence-electron chi connectivity index (χ3n) is 4.41. The summed E-state index contributed by atoms with van der Waals surface area (Å²) in [5.41, 5.74) is 1.03. The van der Waals surface area contributed by atoms with Crippen molar-refractivity contribution in [3.05, 3.63) is 73.3 Å². The quantitative estimate of drug-likeness (QED) is 0.209. The fraction of sp³-hybridized carbons (Fsp3) is 0.167. The Morgan fingerprint density at radius 1 is 0.800 bits per heavy atom. The zero-order valence-electron chi connectivity index (χ0n) is 16.7. The van der Waals surface area contributed by atoms with Crippen LogP contribution in [0, 0.1) is 0 Å². The van der Waals surface area contributed by atoms with Crippen LogP contribution < -0.4 is 9.47 Å². The molecule has 0 bridgehead atoms. The van der Waals surface area contributed by atoms with E-state index in [0.717, 1.165) is 12.0 Å². The smallest absolute Gasteiger partial charge is 0.430 e. The van der Waals surface area contributed by atoms with Gasteiger partial charge in [-0.15, -0.1) is 0 Å². The van der Waals surface area contributed by atoms with E-state index in [1.54, 1.807) is 24.3 Å². The molecule has 0 amide bonds. The molecule has 0 heterocycles. The van der Waals surface area contributed by atoms with Gasteiger partial charge in [0, 0.05) is 21.5 Å². The maximum absolute atomic E-state index is 12.2. The van der Waals surface area contributed by atoms with E-state index in [-0.39, 0.29) is 13.2 Å².